The molecule has 3 heterocycles. The van der Waals surface area contributed by atoms with Gasteiger partial charge in [0.25, 0.3) is 0 Å². The Morgan fingerprint density at radius 3 is 2.67 bits per heavy atom. The smallest absolute Gasteiger partial charge is 0.416 e. The number of fused-ring (bicyclic) bond motifs is 1. The number of carbonyl (C=O) groups excluding carboxylic acids is 1. The Labute approximate surface area is 247 Å². The van der Waals surface area contributed by atoms with Crippen molar-refractivity contribution < 1.29 is 32.9 Å². The van der Waals surface area contributed by atoms with E-state index in [2.05, 4.69) is 20.5 Å². The van der Waals surface area contributed by atoms with E-state index in [0.717, 1.165) is 17.4 Å². The van der Waals surface area contributed by atoms with Crippen LogP contribution < -0.4 is 15.9 Å². The molecule has 9 nitrogen and oxygen atoms in total. The summed E-state index contributed by atoms with van der Waals surface area (Å²) >= 11 is 6.92. The minimum Gasteiger partial charge on any atom is -0.492 e. The Bertz CT molecular complexity index is 1690. The lowest BCUT2D eigenvalue weighted by Gasteiger charge is -2.24. The summed E-state index contributed by atoms with van der Waals surface area (Å²) in [5.74, 6) is -0.393. The van der Waals surface area contributed by atoms with Gasteiger partial charge >= 0.3 is 12.3 Å². The fraction of sp³-hybridized carbons (Fsp3) is 0.357. The third kappa shape index (κ3) is 6.53. The molecule has 0 radical (unpaired) electrons. The van der Waals surface area contributed by atoms with Crippen LogP contribution in [0.2, 0.25) is 5.02 Å². The molecule has 3 N–H and O–H groups in total. The maximum atomic E-state index is 14.0. The first-order valence-corrected chi connectivity index (χ1v) is 14.1. The summed E-state index contributed by atoms with van der Waals surface area (Å²) in [6.07, 6.45) is -4.84. The largest absolute Gasteiger partial charge is 0.492 e. The molecule has 2 atom stereocenters. The number of hydrogen-bond donors (Lipinski definition) is 3. The molecule has 1 fully saturated rings. The second-order valence-electron chi connectivity index (χ2n) is 10.9. The number of carbonyl (C=O) groups is 1. The van der Waals surface area contributed by atoms with E-state index in [-0.39, 0.29) is 40.1 Å². The lowest BCUT2D eigenvalue weighted by Crippen LogP contribution is -2.36. The lowest BCUT2D eigenvalue weighted by molar-refractivity contribution is -0.138. The van der Waals surface area contributed by atoms with Crippen LogP contribution in [0.15, 0.2) is 46.6 Å². The summed E-state index contributed by atoms with van der Waals surface area (Å²) in [6, 6.07) is 8.08. The normalized spacial score (nSPS) is 19.0. The first-order valence-electron chi connectivity index (χ1n) is 12.9. The number of likely N-dealkylation sites (tertiary alicyclic amines) is 1. The molecule has 0 aliphatic carbocycles. The Morgan fingerprint density at radius 1 is 1.19 bits per heavy atom. The molecule has 5 rings (SSSR count). The maximum Gasteiger partial charge on any atom is 0.416 e. The van der Waals surface area contributed by atoms with Crippen molar-refractivity contribution >= 4 is 46.0 Å². The number of benzene rings is 2. The number of β-amino-alcohol motifs (C(OH)–C–C–N with tert-alkyl or cyclic N) is 1. The van der Waals surface area contributed by atoms with Gasteiger partial charge in [-0.3, -0.25) is 0 Å². The van der Waals surface area contributed by atoms with Gasteiger partial charge in [-0.1, -0.05) is 35.1 Å². The Morgan fingerprint density at radius 2 is 1.95 bits per heavy atom. The van der Waals surface area contributed by atoms with Crippen LogP contribution in [-0.2, 0) is 17.3 Å². The summed E-state index contributed by atoms with van der Waals surface area (Å²) in [7, 11) is 0. The number of aliphatic hydroxyl groups is 1. The van der Waals surface area contributed by atoms with Gasteiger partial charge in [0, 0.05) is 23.6 Å². The predicted octanol–water partition coefficient (Wildman–Crippen LogP) is 4.32. The van der Waals surface area contributed by atoms with Gasteiger partial charge in [0.05, 0.1) is 40.7 Å². The summed E-state index contributed by atoms with van der Waals surface area (Å²) in [4.78, 5) is 18.3. The monoisotopic (exact) mass is 621 g/mol. The van der Waals surface area contributed by atoms with Crippen LogP contribution in [0, 0.1) is 0 Å². The van der Waals surface area contributed by atoms with E-state index in [1.165, 1.54) is 23.2 Å². The quantitative estimate of drug-likeness (QED) is 0.390. The van der Waals surface area contributed by atoms with E-state index in [9.17, 15) is 28.2 Å². The highest BCUT2D eigenvalue weighted by molar-refractivity contribution is 7.17. The van der Waals surface area contributed by atoms with Crippen LogP contribution >= 0.6 is 22.9 Å². The second kappa shape index (κ2) is 11.2. The van der Waals surface area contributed by atoms with Crippen LogP contribution in [0.3, 0.4) is 0 Å². The van der Waals surface area contributed by atoms with Crippen molar-refractivity contribution in [2.75, 3.05) is 18.4 Å². The van der Waals surface area contributed by atoms with Gasteiger partial charge in [0.2, 0.25) is 5.88 Å². The maximum absolute atomic E-state index is 14.0. The Hall–Kier alpha value is -3.68. The summed E-state index contributed by atoms with van der Waals surface area (Å²) in [6.45, 7) is 5.38. The molecule has 1 aromatic heterocycles. The molecule has 2 aliphatic rings. The van der Waals surface area contributed by atoms with Crippen molar-refractivity contribution in [3.05, 3.63) is 73.6 Å². The number of nitrogens with zero attached hydrogens (tertiary/aromatic N) is 4. The van der Waals surface area contributed by atoms with Gasteiger partial charge in [0.1, 0.15) is 5.60 Å². The number of nitrogens with one attached hydrogen (secondary N) is 1. The topological polar surface area (TPSA) is 120 Å². The molecule has 14 heteroatoms. The first kappa shape index (κ1) is 29.8. The zero-order valence-corrected chi connectivity index (χ0v) is 24.3. The number of hydrogen-bond acceptors (Lipinski definition) is 9. The minimum atomic E-state index is -4.66. The van der Waals surface area contributed by atoms with E-state index >= 15 is 0 Å². The van der Waals surface area contributed by atoms with Crippen molar-refractivity contribution in [1.29, 1.82) is 0 Å². The van der Waals surface area contributed by atoms with Crippen molar-refractivity contribution in [2.45, 2.75) is 51.1 Å². The number of alkyl halides is 3. The van der Waals surface area contributed by atoms with E-state index in [4.69, 9.17) is 16.3 Å². The zero-order valence-electron chi connectivity index (χ0n) is 22.7. The molecular formula is C28H27ClF3N5O4S. The third-order valence-corrected chi connectivity index (χ3v) is 7.89. The van der Waals surface area contributed by atoms with Crippen molar-refractivity contribution in [3.63, 3.8) is 0 Å². The Kier molecular flexibility index (Phi) is 7.94. The van der Waals surface area contributed by atoms with Crippen LogP contribution in [0.25, 0.3) is 5.57 Å². The van der Waals surface area contributed by atoms with Gasteiger partial charge < -0.3 is 25.2 Å². The molecule has 2 aliphatic heterocycles. The van der Waals surface area contributed by atoms with E-state index in [0.29, 0.717) is 21.7 Å². The fourth-order valence-electron chi connectivity index (χ4n) is 4.69. The van der Waals surface area contributed by atoms with Gasteiger partial charge in [-0.05, 0) is 61.4 Å². The standard InChI is InChI=1S/C28H27ClF3N5O4S/c1-27(2,3)41-26(40)37-12-21(22(38)13-37)34-25-35-24(39)23(42-25)18(14-5-7-20-16(8-14)11-33-36-20)9-15-4-6-17(29)10-19(15)28(30,31)32/h4-8,10-11,21-22,38-39H,9,12-13H2,1-3H3,(H,34,35). The van der Waals surface area contributed by atoms with Crippen LogP contribution in [0.5, 0.6) is 5.88 Å². The molecule has 1 amide bonds. The molecule has 42 heavy (non-hydrogen) atoms. The summed E-state index contributed by atoms with van der Waals surface area (Å²) in [5.41, 5.74) is -0.568. The van der Waals surface area contributed by atoms with Crippen molar-refractivity contribution in [1.82, 2.24) is 9.88 Å². The summed E-state index contributed by atoms with van der Waals surface area (Å²) in [5, 5.41) is 33.8. The molecular weight excluding hydrogens is 595 g/mol. The number of rotatable bonds is 5. The highest BCUT2D eigenvalue weighted by Crippen LogP contribution is 2.39. The van der Waals surface area contributed by atoms with Gasteiger partial charge in [0.15, 0.2) is 5.13 Å². The molecule has 0 bridgehead atoms. The average Bonchev–Trinajstić information content (AvgIpc) is 3.60. The van der Waals surface area contributed by atoms with E-state index in [1.807, 2.05) is 0 Å². The second-order valence-corrected chi connectivity index (χ2v) is 12.4. The van der Waals surface area contributed by atoms with Crippen LogP contribution in [0.4, 0.5) is 23.1 Å². The number of aromatic nitrogens is 1. The highest BCUT2D eigenvalue weighted by atomic mass is 35.5. The van der Waals surface area contributed by atoms with Gasteiger partial charge in [-0.25, -0.2) is 4.79 Å². The first-order chi connectivity index (χ1) is 19.7. The SMILES string of the molecule is CC(C)(C)OC(=O)N1CC(O)C(Nc2nc(O)c(C(Cc3ccc(Cl)cc3C(F)(F)F)=c3ccc4c(c3)C=NN=4)s2)C1. The van der Waals surface area contributed by atoms with Crippen LogP contribution in [-0.4, -0.2) is 63.2 Å². The molecule has 2 aromatic carbocycles. The van der Waals surface area contributed by atoms with E-state index < -0.39 is 41.5 Å². The number of amides is 1. The zero-order chi connectivity index (χ0) is 30.4. The van der Waals surface area contributed by atoms with Crippen molar-refractivity contribution in [3.8, 4) is 5.88 Å². The molecule has 1 saturated heterocycles. The third-order valence-electron chi connectivity index (χ3n) is 6.62. The minimum absolute atomic E-state index is 0.0344. The van der Waals surface area contributed by atoms with Gasteiger partial charge in [-0.15, -0.1) is 0 Å². The number of thiazole rings is 1. The Balaban J connectivity index is 1.50. The number of halogens is 4. The van der Waals surface area contributed by atoms with Crippen LogP contribution in [0.1, 0.15) is 42.3 Å². The molecule has 0 saturated carbocycles. The molecule has 3 aromatic rings. The van der Waals surface area contributed by atoms with Crippen molar-refractivity contribution in [2.24, 2.45) is 10.2 Å². The lowest BCUT2D eigenvalue weighted by atomic mass is 9.96. The van der Waals surface area contributed by atoms with E-state index in [1.54, 1.807) is 39.0 Å². The number of aliphatic hydroxyl groups excluding tert-OH is 1. The summed E-state index contributed by atoms with van der Waals surface area (Å²) < 4.78 is 47.3. The number of anilines is 1. The fourth-order valence-corrected chi connectivity index (χ4v) is 5.85. The molecule has 2 unspecified atom stereocenters. The predicted molar refractivity (Wildman–Crippen MR) is 152 cm³/mol. The number of aromatic hydroxyl groups is 1. The molecule has 222 valence electrons. The van der Waals surface area contributed by atoms with Gasteiger partial charge in [-0.2, -0.15) is 28.4 Å². The number of ether oxygens (including phenoxy) is 1. The average molecular weight is 622 g/mol. The molecule has 0 spiro atoms. The highest BCUT2D eigenvalue weighted by Gasteiger charge is 2.37.